The number of methoxy groups -OCH3 is 1. The summed E-state index contributed by atoms with van der Waals surface area (Å²) >= 11 is 0. The molecule has 1 amide bonds. The summed E-state index contributed by atoms with van der Waals surface area (Å²) in [5.41, 5.74) is 1.39. The summed E-state index contributed by atoms with van der Waals surface area (Å²) in [5, 5.41) is 15.3. The molecule has 0 spiro atoms. The molecular weight excluding hydrogens is 461 g/mol. The van der Waals surface area contributed by atoms with Crippen LogP contribution < -0.4 is 14.8 Å². The van der Waals surface area contributed by atoms with E-state index in [1.54, 1.807) is 38.1 Å². The third-order valence-corrected chi connectivity index (χ3v) is 5.01. The molecule has 1 aromatic heterocycles. The number of hydrogen-bond acceptors (Lipinski definition) is 5. The van der Waals surface area contributed by atoms with E-state index in [1.807, 2.05) is 6.07 Å². The summed E-state index contributed by atoms with van der Waals surface area (Å²) < 4.78 is 53.1. The second-order valence-corrected chi connectivity index (χ2v) is 7.59. The Balaban J connectivity index is 1.73. The van der Waals surface area contributed by atoms with E-state index in [0.717, 1.165) is 6.07 Å². The third-order valence-electron chi connectivity index (χ3n) is 5.01. The number of carbonyl (C=O) groups is 1. The Labute approximate surface area is 200 Å². The maximum Gasteiger partial charge on any atom is 0.416 e. The molecule has 1 heterocycles. The van der Waals surface area contributed by atoms with Crippen LogP contribution in [0, 0.1) is 25.2 Å². The molecule has 0 saturated carbocycles. The van der Waals surface area contributed by atoms with Gasteiger partial charge in [-0.1, -0.05) is 12.1 Å². The molecule has 0 aliphatic carbocycles. The van der Waals surface area contributed by atoms with Crippen molar-refractivity contribution in [2.75, 3.05) is 13.7 Å². The number of aryl methyl sites for hydroxylation is 2. The van der Waals surface area contributed by atoms with Crippen molar-refractivity contribution in [1.82, 2.24) is 15.1 Å². The number of nitrogens with zero attached hydrogens (tertiary/aromatic N) is 3. The number of aromatic nitrogens is 2. The Hall–Kier alpha value is -4.26. The van der Waals surface area contributed by atoms with Gasteiger partial charge < -0.3 is 14.8 Å². The van der Waals surface area contributed by atoms with E-state index in [2.05, 4.69) is 10.4 Å². The van der Waals surface area contributed by atoms with Crippen LogP contribution in [-0.2, 0) is 17.5 Å². The van der Waals surface area contributed by atoms with Gasteiger partial charge in [0.2, 0.25) is 5.91 Å². The zero-order chi connectivity index (χ0) is 25.6. The van der Waals surface area contributed by atoms with Gasteiger partial charge >= 0.3 is 6.18 Å². The monoisotopic (exact) mass is 484 g/mol. The van der Waals surface area contributed by atoms with Crippen molar-refractivity contribution >= 4 is 12.0 Å². The number of halogens is 3. The number of alkyl halides is 3. The molecule has 3 aromatic rings. The minimum Gasteiger partial charge on any atom is -0.493 e. The number of benzene rings is 2. The zero-order valence-corrected chi connectivity index (χ0v) is 19.3. The predicted molar refractivity (Wildman–Crippen MR) is 123 cm³/mol. The molecule has 0 fully saturated rings. The van der Waals surface area contributed by atoms with Gasteiger partial charge in [0.05, 0.1) is 24.1 Å². The molecule has 0 radical (unpaired) electrons. The van der Waals surface area contributed by atoms with E-state index in [4.69, 9.17) is 14.7 Å². The molecule has 0 bridgehead atoms. The van der Waals surface area contributed by atoms with Crippen molar-refractivity contribution < 1.29 is 27.4 Å². The van der Waals surface area contributed by atoms with E-state index in [-0.39, 0.29) is 24.4 Å². The topological polar surface area (TPSA) is 89.2 Å². The summed E-state index contributed by atoms with van der Waals surface area (Å²) in [6.45, 7) is 3.07. The van der Waals surface area contributed by atoms with Crippen LogP contribution in [0.2, 0.25) is 0 Å². The number of hydrogen-bond donors (Lipinski definition) is 1. The Morgan fingerprint density at radius 2 is 1.94 bits per heavy atom. The highest BCUT2D eigenvalue weighted by molar-refractivity contribution is 5.91. The van der Waals surface area contributed by atoms with E-state index in [9.17, 15) is 18.0 Å². The molecule has 1 N–H and O–H groups in total. The molecule has 10 heteroatoms. The Bertz CT molecular complexity index is 1290. The van der Waals surface area contributed by atoms with E-state index in [1.165, 1.54) is 36.1 Å². The number of amides is 1. The highest BCUT2D eigenvalue weighted by atomic mass is 19.4. The summed E-state index contributed by atoms with van der Waals surface area (Å²) in [6.07, 6.45) is -1.90. The lowest BCUT2D eigenvalue weighted by atomic mass is 10.1. The Kier molecular flexibility index (Phi) is 7.81. The summed E-state index contributed by atoms with van der Waals surface area (Å²) in [5.74, 6) is 0.184. The van der Waals surface area contributed by atoms with Gasteiger partial charge in [0.1, 0.15) is 6.07 Å². The summed E-state index contributed by atoms with van der Waals surface area (Å²) in [7, 11) is 1.44. The molecule has 0 saturated heterocycles. The van der Waals surface area contributed by atoms with Gasteiger partial charge in [0.15, 0.2) is 18.1 Å². The lowest BCUT2D eigenvalue weighted by Crippen LogP contribution is -2.23. The summed E-state index contributed by atoms with van der Waals surface area (Å²) in [4.78, 5) is 12.3. The van der Waals surface area contributed by atoms with Crippen LogP contribution in [-0.4, -0.2) is 29.4 Å². The molecule has 0 unspecified atom stereocenters. The molecule has 7 nitrogen and oxygen atoms in total. The van der Waals surface area contributed by atoms with Crippen LogP contribution >= 0.6 is 0 Å². The molecular formula is C25H23F3N4O3. The van der Waals surface area contributed by atoms with Gasteiger partial charge in [-0.3, -0.25) is 4.79 Å². The molecule has 182 valence electrons. The van der Waals surface area contributed by atoms with Crippen molar-refractivity contribution in [3.05, 3.63) is 76.6 Å². The number of nitriles is 1. The second kappa shape index (κ2) is 10.8. The quantitative estimate of drug-likeness (QED) is 0.466. The highest BCUT2D eigenvalue weighted by Crippen LogP contribution is 2.34. The number of rotatable bonds is 8. The van der Waals surface area contributed by atoms with Gasteiger partial charge in [-0.25, -0.2) is 4.68 Å². The Morgan fingerprint density at radius 1 is 1.17 bits per heavy atom. The Morgan fingerprint density at radius 3 is 2.57 bits per heavy atom. The van der Waals surface area contributed by atoms with E-state index < -0.39 is 17.6 Å². The standard InChI is InChI=1S/C25H23F3N4O3/c1-16-12-17(2)32(31-16)20-7-6-19(21(14-20)25(26,27)28)15-30-24(33)9-5-18-4-8-22(35-11-10-29)23(13-18)34-3/h4-9,12-14H,11,15H2,1-3H3,(H,30,33)/b9-5+. The zero-order valence-electron chi connectivity index (χ0n) is 19.3. The van der Waals surface area contributed by atoms with Crippen molar-refractivity contribution in [2.45, 2.75) is 26.6 Å². The van der Waals surface area contributed by atoms with E-state index >= 15 is 0 Å². The largest absolute Gasteiger partial charge is 0.493 e. The van der Waals surface area contributed by atoms with Crippen molar-refractivity contribution in [2.24, 2.45) is 0 Å². The maximum absolute atomic E-state index is 13.7. The van der Waals surface area contributed by atoms with Crippen LogP contribution in [0.5, 0.6) is 11.5 Å². The van der Waals surface area contributed by atoms with Gasteiger partial charge in [0.25, 0.3) is 0 Å². The van der Waals surface area contributed by atoms with E-state index in [0.29, 0.717) is 28.5 Å². The van der Waals surface area contributed by atoms with Crippen LogP contribution in [0.15, 0.2) is 48.5 Å². The molecule has 0 aliphatic rings. The molecule has 0 aliphatic heterocycles. The number of carbonyl (C=O) groups excluding carboxylic acids is 1. The number of nitrogens with one attached hydrogen (secondary N) is 1. The van der Waals surface area contributed by atoms with Crippen LogP contribution in [0.25, 0.3) is 11.8 Å². The average molecular weight is 484 g/mol. The van der Waals surface area contributed by atoms with Gasteiger partial charge in [-0.2, -0.15) is 23.5 Å². The molecule has 35 heavy (non-hydrogen) atoms. The van der Waals surface area contributed by atoms with Crippen molar-refractivity contribution in [1.29, 1.82) is 5.26 Å². The molecule has 2 aromatic carbocycles. The van der Waals surface area contributed by atoms with Gasteiger partial charge in [-0.15, -0.1) is 0 Å². The van der Waals surface area contributed by atoms with Gasteiger partial charge in [-0.05, 0) is 61.4 Å². The first-order chi connectivity index (χ1) is 16.6. The van der Waals surface area contributed by atoms with Gasteiger partial charge in [0, 0.05) is 18.3 Å². The second-order valence-electron chi connectivity index (χ2n) is 7.59. The van der Waals surface area contributed by atoms with Crippen molar-refractivity contribution in [3.63, 3.8) is 0 Å². The molecule has 3 rings (SSSR count). The normalized spacial score (nSPS) is 11.3. The molecule has 0 atom stereocenters. The fourth-order valence-electron chi connectivity index (χ4n) is 3.43. The maximum atomic E-state index is 13.7. The lowest BCUT2D eigenvalue weighted by Gasteiger charge is -2.15. The lowest BCUT2D eigenvalue weighted by molar-refractivity contribution is -0.138. The fraction of sp³-hybridized carbons (Fsp3) is 0.240. The number of ether oxygens (including phenoxy) is 2. The SMILES string of the molecule is COc1cc(/C=C/C(=O)NCc2ccc(-n3nc(C)cc3C)cc2C(F)(F)F)ccc1OCC#N. The van der Waals surface area contributed by atoms with Crippen LogP contribution in [0.1, 0.15) is 28.1 Å². The average Bonchev–Trinajstić information content (AvgIpc) is 3.17. The smallest absolute Gasteiger partial charge is 0.416 e. The first-order valence-corrected chi connectivity index (χ1v) is 10.5. The van der Waals surface area contributed by atoms with Crippen molar-refractivity contribution in [3.8, 4) is 23.3 Å². The highest BCUT2D eigenvalue weighted by Gasteiger charge is 2.34. The van der Waals surface area contributed by atoms with Crippen LogP contribution in [0.4, 0.5) is 13.2 Å². The summed E-state index contributed by atoms with van der Waals surface area (Å²) in [6, 6.07) is 12.4. The predicted octanol–water partition coefficient (Wildman–Crippen LogP) is 4.75. The minimum absolute atomic E-state index is 0.0646. The first kappa shape index (κ1) is 25.4. The first-order valence-electron chi connectivity index (χ1n) is 10.5. The third kappa shape index (κ3) is 6.41. The van der Waals surface area contributed by atoms with Crippen LogP contribution in [0.3, 0.4) is 0 Å². The minimum atomic E-state index is -4.60. The fourth-order valence-corrected chi connectivity index (χ4v) is 3.43.